The smallest absolute Gasteiger partial charge is 0.152 e. The summed E-state index contributed by atoms with van der Waals surface area (Å²) in [7, 11) is 0. The Balaban J connectivity index is 1.76. The Bertz CT molecular complexity index is 811. The molecule has 0 spiro atoms. The van der Waals surface area contributed by atoms with E-state index in [4.69, 9.17) is 4.74 Å². The van der Waals surface area contributed by atoms with E-state index in [9.17, 15) is 9.18 Å². The molecule has 0 radical (unpaired) electrons. The first-order valence-corrected chi connectivity index (χ1v) is 7.58. The van der Waals surface area contributed by atoms with Gasteiger partial charge in [0, 0.05) is 27.1 Å². The highest BCUT2D eigenvalue weighted by Crippen LogP contribution is 2.24. The maximum atomic E-state index is 12.8. The van der Waals surface area contributed by atoms with E-state index < -0.39 is 0 Å². The van der Waals surface area contributed by atoms with Crippen LogP contribution in [-0.4, -0.2) is 17.5 Å². The number of carbonyl (C=O) groups excluding carboxylic acids is 1. The molecule has 0 N–H and O–H groups in total. The summed E-state index contributed by atoms with van der Waals surface area (Å²) in [6.45, 7) is 1.03. The Labute approximate surface area is 135 Å². The average Bonchev–Trinajstić information content (AvgIpc) is 2.86. The second-order valence-corrected chi connectivity index (χ2v) is 5.78. The van der Waals surface area contributed by atoms with Crippen LogP contribution < -0.4 is 4.74 Å². The van der Waals surface area contributed by atoms with Gasteiger partial charge in [0.05, 0.1) is 6.54 Å². The number of rotatable bonds is 5. The summed E-state index contributed by atoms with van der Waals surface area (Å²) in [5.74, 6) is 0.334. The first-order chi connectivity index (χ1) is 10.7. The maximum absolute atomic E-state index is 12.8. The van der Waals surface area contributed by atoms with E-state index in [-0.39, 0.29) is 5.82 Å². The molecule has 3 aromatic rings. The zero-order valence-electron chi connectivity index (χ0n) is 11.6. The predicted molar refractivity (Wildman–Crippen MR) is 86.9 cm³/mol. The Kier molecular flexibility index (Phi) is 4.24. The van der Waals surface area contributed by atoms with Crippen LogP contribution in [-0.2, 0) is 6.54 Å². The summed E-state index contributed by atoms with van der Waals surface area (Å²) in [5.41, 5.74) is 1.63. The van der Waals surface area contributed by atoms with Crippen LogP contribution in [0.25, 0.3) is 10.9 Å². The van der Waals surface area contributed by atoms with Crippen molar-refractivity contribution in [3.63, 3.8) is 0 Å². The molecular weight excluding hydrogens is 349 g/mol. The molecule has 0 fully saturated rings. The van der Waals surface area contributed by atoms with Crippen molar-refractivity contribution in [2.75, 3.05) is 6.61 Å². The van der Waals surface area contributed by atoms with E-state index in [0.717, 1.165) is 21.7 Å². The van der Waals surface area contributed by atoms with Gasteiger partial charge < -0.3 is 9.30 Å². The molecule has 0 bridgehead atoms. The summed E-state index contributed by atoms with van der Waals surface area (Å²) in [5, 5.41) is 0.908. The summed E-state index contributed by atoms with van der Waals surface area (Å²) < 4.78 is 21.3. The lowest BCUT2D eigenvalue weighted by Gasteiger charge is -2.08. The monoisotopic (exact) mass is 361 g/mol. The highest BCUT2D eigenvalue weighted by Gasteiger charge is 2.08. The quantitative estimate of drug-likeness (QED) is 0.629. The molecule has 3 rings (SSSR count). The van der Waals surface area contributed by atoms with Gasteiger partial charge in [0.1, 0.15) is 18.2 Å². The molecule has 0 saturated heterocycles. The number of hydrogen-bond acceptors (Lipinski definition) is 2. The minimum atomic E-state index is -0.287. The van der Waals surface area contributed by atoms with Crippen LogP contribution >= 0.6 is 15.9 Å². The first kappa shape index (κ1) is 14.8. The fraction of sp³-hybridized carbons (Fsp3) is 0.118. The third-order valence-electron chi connectivity index (χ3n) is 3.42. The largest absolute Gasteiger partial charge is 0.492 e. The van der Waals surface area contributed by atoms with Crippen LogP contribution in [0, 0.1) is 5.82 Å². The van der Waals surface area contributed by atoms with E-state index in [1.54, 1.807) is 12.1 Å². The van der Waals surface area contributed by atoms with E-state index in [0.29, 0.717) is 24.5 Å². The van der Waals surface area contributed by atoms with Crippen LogP contribution in [0.4, 0.5) is 4.39 Å². The molecule has 112 valence electrons. The van der Waals surface area contributed by atoms with Gasteiger partial charge in [-0.1, -0.05) is 15.9 Å². The minimum Gasteiger partial charge on any atom is -0.492 e. The van der Waals surface area contributed by atoms with E-state index in [2.05, 4.69) is 15.9 Å². The van der Waals surface area contributed by atoms with Gasteiger partial charge in [0.15, 0.2) is 6.29 Å². The molecule has 0 amide bonds. The van der Waals surface area contributed by atoms with Gasteiger partial charge in [-0.15, -0.1) is 0 Å². The Morgan fingerprint density at radius 3 is 2.68 bits per heavy atom. The Hall–Kier alpha value is -2.14. The topological polar surface area (TPSA) is 31.2 Å². The van der Waals surface area contributed by atoms with Gasteiger partial charge in [0.25, 0.3) is 0 Å². The second kappa shape index (κ2) is 6.32. The highest BCUT2D eigenvalue weighted by atomic mass is 79.9. The number of carbonyl (C=O) groups is 1. The Morgan fingerprint density at radius 2 is 1.95 bits per heavy atom. The lowest BCUT2D eigenvalue weighted by atomic mass is 10.2. The molecule has 0 saturated carbocycles. The summed E-state index contributed by atoms with van der Waals surface area (Å²) in [4.78, 5) is 11.2. The molecule has 3 nitrogen and oxygen atoms in total. The second-order valence-electron chi connectivity index (χ2n) is 4.86. The molecule has 22 heavy (non-hydrogen) atoms. The number of nitrogens with zero attached hydrogens (tertiary/aromatic N) is 1. The van der Waals surface area contributed by atoms with Crippen molar-refractivity contribution in [2.24, 2.45) is 0 Å². The van der Waals surface area contributed by atoms with Crippen LogP contribution in [0.15, 0.2) is 53.1 Å². The number of hydrogen-bond donors (Lipinski definition) is 0. The third-order valence-corrected chi connectivity index (χ3v) is 3.91. The lowest BCUT2D eigenvalue weighted by molar-refractivity contribution is 0.112. The highest BCUT2D eigenvalue weighted by molar-refractivity contribution is 9.10. The standard InChI is InChI=1S/C17H13BrFNO2/c18-13-1-6-17-16(9-13)12(11-21)10-20(17)7-8-22-15-4-2-14(19)3-5-15/h1-6,9-11H,7-8H2. The van der Waals surface area contributed by atoms with Crippen LogP contribution in [0.1, 0.15) is 10.4 Å². The molecule has 0 aliphatic carbocycles. The Morgan fingerprint density at radius 1 is 1.18 bits per heavy atom. The van der Waals surface area contributed by atoms with Gasteiger partial charge in [-0.3, -0.25) is 4.79 Å². The minimum absolute atomic E-state index is 0.287. The molecule has 0 unspecified atom stereocenters. The van der Waals surface area contributed by atoms with Crippen molar-refractivity contribution in [2.45, 2.75) is 6.54 Å². The number of ether oxygens (including phenoxy) is 1. The number of aldehydes is 1. The van der Waals surface area contributed by atoms with E-state index in [1.807, 2.05) is 29.0 Å². The molecule has 5 heteroatoms. The number of benzene rings is 2. The van der Waals surface area contributed by atoms with Crippen LogP contribution in [0.2, 0.25) is 0 Å². The first-order valence-electron chi connectivity index (χ1n) is 6.79. The zero-order valence-corrected chi connectivity index (χ0v) is 13.2. The zero-order chi connectivity index (χ0) is 15.5. The van der Waals surface area contributed by atoms with Crippen molar-refractivity contribution in [3.05, 3.63) is 64.5 Å². The molecule has 0 aliphatic rings. The third kappa shape index (κ3) is 3.04. The van der Waals surface area contributed by atoms with Gasteiger partial charge in [-0.2, -0.15) is 0 Å². The molecule has 1 aromatic heterocycles. The van der Waals surface area contributed by atoms with Crippen molar-refractivity contribution in [3.8, 4) is 5.75 Å². The van der Waals surface area contributed by atoms with E-state index >= 15 is 0 Å². The summed E-state index contributed by atoms with van der Waals surface area (Å²) >= 11 is 3.41. The van der Waals surface area contributed by atoms with Gasteiger partial charge in [-0.05, 0) is 42.5 Å². The number of fused-ring (bicyclic) bond motifs is 1. The molecule has 2 aromatic carbocycles. The van der Waals surface area contributed by atoms with E-state index in [1.165, 1.54) is 12.1 Å². The number of halogens is 2. The molecular formula is C17H13BrFNO2. The predicted octanol–water partition coefficient (Wildman–Crippen LogP) is 4.43. The average molecular weight is 362 g/mol. The summed E-state index contributed by atoms with van der Waals surface area (Å²) in [6.07, 6.45) is 2.67. The normalized spacial score (nSPS) is 10.8. The van der Waals surface area contributed by atoms with Gasteiger partial charge >= 0.3 is 0 Å². The van der Waals surface area contributed by atoms with Crippen molar-refractivity contribution < 1.29 is 13.9 Å². The van der Waals surface area contributed by atoms with Crippen molar-refractivity contribution in [1.29, 1.82) is 0 Å². The van der Waals surface area contributed by atoms with Crippen molar-refractivity contribution >= 4 is 33.1 Å². The fourth-order valence-corrected chi connectivity index (χ4v) is 2.73. The number of aromatic nitrogens is 1. The van der Waals surface area contributed by atoms with Gasteiger partial charge in [-0.25, -0.2) is 4.39 Å². The van der Waals surface area contributed by atoms with Crippen LogP contribution in [0.5, 0.6) is 5.75 Å². The van der Waals surface area contributed by atoms with Crippen molar-refractivity contribution in [1.82, 2.24) is 4.57 Å². The SMILES string of the molecule is O=Cc1cn(CCOc2ccc(F)cc2)c2ccc(Br)cc12. The fourth-order valence-electron chi connectivity index (χ4n) is 2.37. The maximum Gasteiger partial charge on any atom is 0.152 e. The van der Waals surface area contributed by atoms with Gasteiger partial charge in [0.2, 0.25) is 0 Å². The molecule has 0 atom stereocenters. The molecule has 1 heterocycles. The van der Waals surface area contributed by atoms with Crippen LogP contribution in [0.3, 0.4) is 0 Å². The lowest BCUT2D eigenvalue weighted by Crippen LogP contribution is -2.07. The molecule has 0 aliphatic heterocycles. The summed E-state index contributed by atoms with van der Waals surface area (Å²) in [6, 6.07) is 11.7.